The molecule has 1 aromatic rings. The van der Waals surface area contributed by atoms with Crippen LogP contribution in [-0.2, 0) is 14.6 Å². The molecule has 1 aliphatic rings. The summed E-state index contributed by atoms with van der Waals surface area (Å²) in [6.45, 7) is 1.21. The molecule has 6 heteroatoms. The third-order valence-corrected chi connectivity index (χ3v) is 5.43. The Balaban J connectivity index is 2.50. The van der Waals surface area contributed by atoms with Gasteiger partial charge in [-0.3, -0.25) is 4.79 Å². The van der Waals surface area contributed by atoms with Crippen LogP contribution >= 0.6 is 0 Å². The number of rotatable bonds is 4. The van der Waals surface area contributed by atoms with Crippen molar-refractivity contribution >= 4 is 15.8 Å². The quantitative estimate of drug-likeness (QED) is 0.843. The van der Waals surface area contributed by atoms with Gasteiger partial charge in [-0.05, 0) is 12.5 Å². The maximum atomic E-state index is 11.7. The molecular formula is C13H16O5S. The molecule has 104 valence electrons. The lowest BCUT2D eigenvalue weighted by atomic mass is 9.99. The van der Waals surface area contributed by atoms with Crippen molar-refractivity contribution in [1.29, 1.82) is 0 Å². The van der Waals surface area contributed by atoms with Crippen molar-refractivity contribution in [2.45, 2.75) is 18.1 Å². The number of benzene rings is 1. The summed E-state index contributed by atoms with van der Waals surface area (Å²) in [7, 11) is -3.54. The van der Waals surface area contributed by atoms with E-state index >= 15 is 0 Å². The van der Waals surface area contributed by atoms with Gasteiger partial charge in [-0.1, -0.05) is 29.8 Å². The van der Waals surface area contributed by atoms with Gasteiger partial charge in [0.1, 0.15) is 5.41 Å². The second-order valence-corrected chi connectivity index (χ2v) is 7.31. The Kier molecular flexibility index (Phi) is 3.18. The normalized spacial score (nSPS) is 30.1. The number of carboxylic acids is 1. The largest absolute Gasteiger partial charge is 0.481 e. The van der Waals surface area contributed by atoms with Crippen molar-refractivity contribution in [3.8, 4) is 0 Å². The molecule has 0 bridgehead atoms. The average molecular weight is 284 g/mol. The Morgan fingerprint density at radius 2 is 1.84 bits per heavy atom. The third-order valence-electron chi connectivity index (χ3n) is 3.81. The highest BCUT2D eigenvalue weighted by Crippen LogP contribution is 2.62. The van der Waals surface area contributed by atoms with Crippen LogP contribution in [0.4, 0.5) is 0 Å². The maximum absolute atomic E-state index is 11.7. The minimum Gasteiger partial charge on any atom is -0.481 e. The summed E-state index contributed by atoms with van der Waals surface area (Å²) in [6, 6.07) is 7.05. The van der Waals surface area contributed by atoms with E-state index in [0.29, 0.717) is 5.56 Å². The number of aliphatic hydroxyl groups is 1. The summed E-state index contributed by atoms with van der Waals surface area (Å²) in [6.07, 6.45) is 1.01. The van der Waals surface area contributed by atoms with Gasteiger partial charge in [0.05, 0.1) is 11.9 Å². The lowest BCUT2D eigenvalue weighted by Gasteiger charge is -2.08. The lowest BCUT2D eigenvalue weighted by Crippen LogP contribution is -2.27. The monoisotopic (exact) mass is 284 g/mol. The fraction of sp³-hybridized carbons (Fsp3) is 0.462. The molecule has 0 amide bonds. The van der Waals surface area contributed by atoms with E-state index in [1.807, 2.05) is 6.92 Å². The lowest BCUT2D eigenvalue weighted by molar-refractivity contribution is -0.145. The minimum absolute atomic E-state index is 0.637. The van der Waals surface area contributed by atoms with Crippen LogP contribution in [0, 0.1) is 12.3 Å². The first-order valence-corrected chi connectivity index (χ1v) is 7.80. The van der Waals surface area contributed by atoms with Gasteiger partial charge in [0.25, 0.3) is 0 Å². The molecule has 0 aromatic heterocycles. The summed E-state index contributed by atoms with van der Waals surface area (Å²) in [5.41, 5.74) is 0.0331. The fourth-order valence-corrected chi connectivity index (χ4v) is 4.69. The molecule has 0 aliphatic heterocycles. The van der Waals surface area contributed by atoms with Gasteiger partial charge in [-0.25, -0.2) is 8.42 Å². The first-order chi connectivity index (χ1) is 8.75. The van der Waals surface area contributed by atoms with E-state index in [4.69, 9.17) is 0 Å². The van der Waals surface area contributed by atoms with Crippen LogP contribution < -0.4 is 0 Å². The second-order valence-electron chi connectivity index (χ2n) is 5.14. The Bertz CT molecular complexity index is 604. The molecule has 1 fully saturated rings. The van der Waals surface area contributed by atoms with Crippen molar-refractivity contribution < 1.29 is 23.4 Å². The molecule has 2 N–H and O–H groups in total. The molecule has 0 heterocycles. The zero-order valence-electron chi connectivity index (χ0n) is 10.7. The number of hydrogen-bond donors (Lipinski definition) is 2. The SMILES string of the molecule is Cc1ccc([C@H]2[C@@H](S(C)(=O)=O)[C@@]2(CO)C(=O)O)cc1. The van der Waals surface area contributed by atoms with Gasteiger partial charge >= 0.3 is 5.97 Å². The molecular weight excluding hydrogens is 268 g/mol. The highest BCUT2D eigenvalue weighted by atomic mass is 32.2. The number of hydrogen-bond acceptors (Lipinski definition) is 4. The summed E-state index contributed by atoms with van der Waals surface area (Å²) >= 11 is 0. The molecule has 0 radical (unpaired) electrons. The smallest absolute Gasteiger partial charge is 0.314 e. The van der Waals surface area contributed by atoms with Gasteiger partial charge in [-0.2, -0.15) is 0 Å². The second kappa shape index (κ2) is 4.31. The van der Waals surface area contributed by atoms with E-state index in [1.165, 1.54) is 0 Å². The standard InChI is InChI=1S/C13H16O5S/c1-8-3-5-9(6-4-8)10-11(19(2,17)18)13(10,7-14)12(15)16/h3-6,10-11,14H,7H2,1-2H3,(H,15,16)/t10-,11+,13-/m0/s1. The van der Waals surface area contributed by atoms with Gasteiger partial charge in [0, 0.05) is 12.2 Å². The summed E-state index contributed by atoms with van der Waals surface area (Å²) in [5, 5.41) is 17.6. The molecule has 0 spiro atoms. The van der Waals surface area contributed by atoms with E-state index < -0.39 is 39.0 Å². The summed E-state index contributed by atoms with van der Waals surface area (Å²) in [5.74, 6) is -1.96. The highest BCUT2D eigenvalue weighted by Gasteiger charge is 2.74. The van der Waals surface area contributed by atoms with Gasteiger partial charge in [-0.15, -0.1) is 0 Å². The molecule has 3 atom stereocenters. The van der Waals surface area contributed by atoms with Crippen LogP contribution in [-0.4, -0.2) is 42.7 Å². The Hall–Kier alpha value is -1.40. The molecule has 1 saturated carbocycles. The first-order valence-electron chi connectivity index (χ1n) is 5.85. The zero-order chi connectivity index (χ0) is 14.4. The average Bonchev–Trinajstić information content (AvgIpc) is 3.00. The minimum atomic E-state index is -3.54. The Morgan fingerprint density at radius 1 is 1.32 bits per heavy atom. The Morgan fingerprint density at radius 3 is 2.16 bits per heavy atom. The number of carboxylic acid groups (broad SMARTS) is 1. The van der Waals surface area contributed by atoms with Gasteiger partial charge < -0.3 is 10.2 Å². The highest BCUT2D eigenvalue weighted by molar-refractivity contribution is 7.91. The van der Waals surface area contributed by atoms with E-state index in [0.717, 1.165) is 11.8 Å². The van der Waals surface area contributed by atoms with Crippen LogP contribution in [0.3, 0.4) is 0 Å². The van der Waals surface area contributed by atoms with Crippen molar-refractivity contribution in [1.82, 2.24) is 0 Å². The molecule has 1 aliphatic carbocycles. The predicted octanol–water partition coefficient (Wildman–Crippen LogP) is 0.569. The molecule has 19 heavy (non-hydrogen) atoms. The number of sulfone groups is 1. The summed E-state index contributed by atoms with van der Waals surface area (Å²) < 4.78 is 23.5. The summed E-state index contributed by atoms with van der Waals surface area (Å²) in [4.78, 5) is 11.4. The Labute approximate surface area is 111 Å². The van der Waals surface area contributed by atoms with Crippen molar-refractivity contribution in [3.05, 3.63) is 35.4 Å². The topological polar surface area (TPSA) is 91.7 Å². The number of aryl methyl sites for hydroxylation is 1. The fourth-order valence-electron chi connectivity index (χ4n) is 2.79. The van der Waals surface area contributed by atoms with E-state index in [2.05, 4.69) is 0 Å². The van der Waals surface area contributed by atoms with Crippen LogP contribution in [0.1, 0.15) is 17.0 Å². The van der Waals surface area contributed by atoms with Crippen molar-refractivity contribution in [2.75, 3.05) is 12.9 Å². The number of aliphatic hydroxyl groups excluding tert-OH is 1. The molecule has 5 nitrogen and oxygen atoms in total. The van der Waals surface area contributed by atoms with Crippen LogP contribution in [0.15, 0.2) is 24.3 Å². The van der Waals surface area contributed by atoms with E-state index in [1.54, 1.807) is 24.3 Å². The van der Waals surface area contributed by atoms with Crippen molar-refractivity contribution in [2.24, 2.45) is 5.41 Å². The van der Waals surface area contributed by atoms with Gasteiger partial charge in [0.2, 0.25) is 0 Å². The molecule has 1 aromatic carbocycles. The van der Waals surface area contributed by atoms with Crippen molar-refractivity contribution in [3.63, 3.8) is 0 Å². The van der Waals surface area contributed by atoms with Crippen LogP contribution in [0.5, 0.6) is 0 Å². The van der Waals surface area contributed by atoms with Crippen LogP contribution in [0.25, 0.3) is 0 Å². The zero-order valence-corrected chi connectivity index (χ0v) is 11.5. The van der Waals surface area contributed by atoms with Gasteiger partial charge in [0.15, 0.2) is 9.84 Å². The molecule has 0 saturated heterocycles. The number of carbonyl (C=O) groups is 1. The van der Waals surface area contributed by atoms with E-state index in [9.17, 15) is 23.4 Å². The predicted molar refractivity (Wildman–Crippen MR) is 69.7 cm³/mol. The van der Waals surface area contributed by atoms with Crippen LogP contribution in [0.2, 0.25) is 0 Å². The maximum Gasteiger partial charge on any atom is 0.314 e. The molecule has 2 rings (SSSR count). The van der Waals surface area contributed by atoms with E-state index in [-0.39, 0.29) is 0 Å². The number of aliphatic carboxylic acids is 1. The first kappa shape index (κ1) is 14.0. The third kappa shape index (κ3) is 2.04. The molecule has 0 unspecified atom stereocenters.